The van der Waals surface area contributed by atoms with E-state index in [-0.39, 0.29) is 12.1 Å². The summed E-state index contributed by atoms with van der Waals surface area (Å²) in [5, 5.41) is 4.51. The number of nitrogens with zero attached hydrogens (tertiary/aromatic N) is 3. The second-order valence-corrected chi connectivity index (χ2v) is 8.16. The van der Waals surface area contributed by atoms with Crippen molar-refractivity contribution in [2.75, 3.05) is 0 Å². The highest BCUT2D eigenvalue weighted by atomic mass is 32.1. The van der Waals surface area contributed by atoms with Crippen LogP contribution in [-0.2, 0) is 11.3 Å². The zero-order valence-corrected chi connectivity index (χ0v) is 17.4. The predicted molar refractivity (Wildman–Crippen MR) is 121 cm³/mol. The van der Waals surface area contributed by atoms with Gasteiger partial charge in [-0.15, -0.1) is 11.3 Å². The summed E-state index contributed by atoms with van der Waals surface area (Å²) in [6.45, 7) is 3.82. The third-order valence-corrected chi connectivity index (χ3v) is 5.72. The van der Waals surface area contributed by atoms with E-state index < -0.39 is 5.91 Å². The minimum atomic E-state index is -0.394. The Hall–Kier alpha value is -3.58. The molecule has 0 atom stereocenters. The van der Waals surface area contributed by atoms with Crippen molar-refractivity contribution in [1.82, 2.24) is 15.0 Å². The van der Waals surface area contributed by atoms with E-state index in [1.165, 1.54) is 22.2 Å². The Morgan fingerprint density at radius 2 is 1.87 bits per heavy atom. The van der Waals surface area contributed by atoms with E-state index in [9.17, 15) is 9.59 Å². The van der Waals surface area contributed by atoms with Crippen molar-refractivity contribution in [2.45, 2.75) is 20.4 Å². The summed E-state index contributed by atoms with van der Waals surface area (Å²) in [6.07, 6.45) is 2.98. The fourth-order valence-electron chi connectivity index (χ4n) is 3.22. The lowest BCUT2D eigenvalue weighted by molar-refractivity contribution is -0.121. The molecule has 4 aromatic rings. The highest BCUT2D eigenvalue weighted by molar-refractivity contribution is 7.19. The molecule has 0 unspecified atom stereocenters. The molecule has 0 aliphatic heterocycles. The van der Waals surface area contributed by atoms with Crippen LogP contribution in [0.2, 0.25) is 0 Å². The van der Waals surface area contributed by atoms with Gasteiger partial charge < -0.3 is 0 Å². The first kappa shape index (κ1) is 19.7. The van der Waals surface area contributed by atoms with Crippen LogP contribution in [0.5, 0.6) is 0 Å². The SMILES string of the molecule is Cc1ccc(/C=N/NC(=O)Cn2cnc3sc(C)c(-c4ccccc4)c3c2=O)cc1. The highest BCUT2D eigenvalue weighted by Gasteiger charge is 2.17. The summed E-state index contributed by atoms with van der Waals surface area (Å²) in [5.41, 5.74) is 6.10. The van der Waals surface area contributed by atoms with Crippen LogP contribution < -0.4 is 11.0 Å². The van der Waals surface area contributed by atoms with Gasteiger partial charge in [-0.25, -0.2) is 10.4 Å². The molecule has 150 valence electrons. The molecule has 0 fully saturated rings. The Morgan fingerprint density at radius 3 is 2.60 bits per heavy atom. The third kappa shape index (κ3) is 4.06. The quantitative estimate of drug-likeness (QED) is 0.396. The van der Waals surface area contributed by atoms with Crippen LogP contribution in [0, 0.1) is 13.8 Å². The van der Waals surface area contributed by atoms with Gasteiger partial charge in [0.1, 0.15) is 11.4 Å². The monoisotopic (exact) mass is 416 g/mol. The molecule has 6 nitrogen and oxygen atoms in total. The number of amides is 1. The first-order chi connectivity index (χ1) is 14.5. The molecule has 2 aromatic heterocycles. The van der Waals surface area contributed by atoms with Crippen molar-refractivity contribution in [3.63, 3.8) is 0 Å². The van der Waals surface area contributed by atoms with Crippen molar-refractivity contribution >= 4 is 33.7 Å². The molecule has 2 heterocycles. The van der Waals surface area contributed by atoms with E-state index in [2.05, 4.69) is 15.5 Å². The number of hydrogen-bond acceptors (Lipinski definition) is 5. The Labute approximate surface area is 177 Å². The largest absolute Gasteiger partial charge is 0.289 e. The number of nitrogens with one attached hydrogen (secondary N) is 1. The average molecular weight is 417 g/mol. The number of aromatic nitrogens is 2. The molecular formula is C23H20N4O2S. The predicted octanol–water partition coefficient (Wildman–Crippen LogP) is 3.89. The third-order valence-electron chi connectivity index (χ3n) is 4.71. The molecule has 7 heteroatoms. The van der Waals surface area contributed by atoms with Crippen LogP contribution in [0.4, 0.5) is 0 Å². The number of benzene rings is 2. The molecule has 30 heavy (non-hydrogen) atoms. The molecule has 4 rings (SSSR count). The van der Waals surface area contributed by atoms with Crippen molar-refractivity contribution < 1.29 is 4.79 Å². The summed E-state index contributed by atoms with van der Waals surface area (Å²) in [7, 11) is 0. The Kier molecular flexibility index (Phi) is 5.54. The van der Waals surface area contributed by atoms with Gasteiger partial charge in [-0.2, -0.15) is 5.10 Å². The average Bonchev–Trinajstić information content (AvgIpc) is 3.09. The van der Waals surface area contributed by atoms with Crippen LogP contribution in [0.25, 0.3) is 21.3 Å². The van der Waals surface area contributed by atoms with E-state index in [0.29, 0.717) is 10.2 Å². The zero-order chi connectivity index (χ0) is 21.1. The number of hydrogen-bond donors (Lipinski definition) is 1. The first-order valence-electron chi connectivity index (χ1n) is 9.45. The molecule has 0 spiro atoms. The van der Waals surface area contributed by atoms with Gasteiger partial charge in [0.15, 0.2) is 0 Å². The minimum Gasteiger partial charge on any atom is -0.289 e. The second-order valence-electron chi connectivity index (χ2n) is 6.96. The molecular weight excluding hydrogens is 396 g/mol. The number of carbonyl (C=O) groups excluding carboxylic acids is 1. The highest BCUT2D eigenvalue weighted by Crippen LogP contribution is 2.35. The maximum atomic E-state index is 13.1. The summed E-state index contributed by atoms with van der Waals surface area (Å²) in [6, 6.07) is 17.5. The number of fused-ring (bicyclic) bond motifs is 1. The standard InChI is InChI=1S/C23H20N4O2S/c1-15-8-10-17(11-9-15)12-25-26-19(28)13-27-14-24-22-21(23(27)29)20(16(2)30-22)18-6-4-3-5-7-18/h3-12,14H,13H2,1-2H3,(H,26,28)/b25-12+. The van der Waals surface area contributed by atoms with Gasteiger partial charge in [-0.3, -0.25) is 14.2 Å². The van der Waals surface area contributed by atoms with Crippen LogP contribution in [0.1, 0.15) is 16.0 Å². The van der Waals surface area contributed by atoms with Gasteiger partial charge in [-0.05, 0) is 25.0 Å². The van der Waals surface area contributed by atoms with Crippen LogP contribution >= 0.6 is 11.3 Å². The van der Waals surface area contributed by atoms with E-state index >= 15 is 0 Å². The van der Waals surface area contributed by atoms with Crippen molar-refractivity contribution in [3.05, 3.63) is 87.3 Å². The van der Waals surface area contributed by atoms with Gasteiger partial charge in [0.05, 0.1) is 17.9 Å². The molecule has 0 saturated heterocycles. The first-order valence-corrected chi connectivity index (χ1v) is 10.3. The maximum absolute atomic E-state index is 13.1. The molecule has 1 amide bonds. The normalized spacial score (nSPS) is 11.3. The smallest absolute Gasteiger partial charge is 0.263 e. The Morgan fingerprint density at radius 1 is 1.13 bits per heavy atom. The molecule has 0 bridgehead atoms. The second kappa shape index (κ2) is 8.42. The lowest BCUT2D eigenvalue weighted by atomic mass is 10.0. The van der Waals surface area contributed by atoms with Crippen LogP contribution in [-0.4, -0.2) is 21.7 Å². The number of rotatable bonds is 5. The summed E-state index contributed by atoms with van der Waals surface area (Å²) < 4.78 is 1.32. The van der Waals surface area contributed by atoms with E-state index in [0.717, 1.165) is 27.1 Å². The zero-order valence-electron chi connectivity index (χ0n) is 16.6. The Bertz CT molecular complexity index is 1290. The summed E-state index contributed by atoms with van der Waals surface area (Å²) in [4.78, 5) is 31.5. The van der Waals surface area contributed by atoms with Gasteiger partial charge in [0.2, 0.25) is 0 Å². The van der Waals surface area contributed by atoms with Gasteiger partial charge >= 0.3 is 0 Å². The van der Waals surface area contributed by atoms with Gasteiger partial charge in [0, 0.05) is 10.4 Å². The summed E-state index contributed by atoms with van der Waals surface area (Å²) >= 11 is 1.48. The van der Waals surface area contributed by atoms with Crippen LogP contribution in [0.15, 0.2) is 70.8 Å². The van der Waals surface area contributed by atoms with Gasteiger partial charge in [-0.1, -0.05) is 60.2 Å². The molecule has 0 radical (unpaired) electrons. The molecule has 1 N–H and O–H groups in total. The number of thiophene rings is 1. The minimum absolute atomic E-state index is 0.157. The molecule has 0 aliphatic carbocycles. The van der Waals surface area contributed by atoms with Gasteiger partial charge in [0.25, 0.3) is 11.5 Å². The number of carbonyl (C=O) groups is 1. The van der Waals surface area contributed by atoms with E-state index in [1.807, 2.05) is 68.4 Å². The number of hydrazone groups is 1. The molecule has 0 aliphatic rings. The van der Waals surface area contributed by atoms with Crippen molar-refractivity contribution in [1.29, 1.82) is 0 Å². The van der Waals surface area contributed by atoms with Crippen molar-refractivity contribution in [2.24, 2.45) is 5.10 Å². The lowest BCUT2D eigenvalue weighted by Gasteiger charge is -2.06. The fraction of sp³-hybridized carbons (Fsp3) is 0.130. The lowest BCUT2D eigenvalue weighted by Crippen LogP contribution is -2.30. The fourth-order valence-corrected chi connectivity index (χ4v) is 4.23. The Balaban J connectivity index is 1.57. The maximum Gasteiger partial charge on any atom is 0.263 e. The van der Waals surface area contributed by atoms with Crippen molar-refractivity contribution in [3.8, 4) is 11.1 Å². The van der Waals surface area contributed by atoms with E-state index in [4.69, 9.17) is 0 Å². The molecule has 0 saturated carbocycles. The van der Waals surface area contributed by atoms with Crippen LogP contribution in [0.3, 0.4) is 0 Å². The molecule has 2 aromatic carbocycles. The summed E-state index contributed by atoms with van der Waals surface area (Å²) in [5.74, 6) is -0.394. The van der Waals surface area contributed by atoms with E-state index in [1.54, 1.807) is 6.21 Å². The topological polar surface area (TPSA) is 76.3 Å². The number of aryl methyl sites for hydroxylation is 2.